The molecule has 21 heavy (non-hydrogen) atoms. The number of carbonyl (C=O) groups excluding carboxylic acids is 1. The number of fused-ring (bicyclic) bond motifs is 2. The van der Waals surface area contributed by atoms with Crippen LogP contribution in [0, 0.1) is 0 Å². The van der Waals surface area contributed by atoms with Gasteiger partial charge in [0.1, 0.15) is 11.9 Å². The van der Waals surface area contributed by atoms with Crippen LogP contribution in [0.25, 0.3) is 5.70 Å². The number of hydrogen-bond donors (Lipinski definition) is 0. The molecule has 2 heterocycles. The topological polar surface area (TPSA) is 29.5 Å². The average Bonchev–Trinajstić information content (AvgIpc) is 2.84. The van der Waals surface area contributed by atoms with Crippen molar-refractivity contribution in [2.45, 2.75) is 19.6 Å². The number of hydrogen-bond acceptors (Lipinski definition) is 2. The molecule has 2 aromatic rings. The molecule has 2 aliphatic rings. The van der Waals surface area contributed by atoms with E-state index in [1.165, 1.54) is 0 Å². The van der Waals surface area contributed by atoms with Crippen LogP contribution in [0.4, 0.5) is 0 Å². The Hall–Kier alpha value is -2.55. The highest BCUT2D eigenvalue weighted by molar-refractivity contribution is 6.03. The van der Waals surface area contributed by atoms with Gasteiger partial charge in [-0.25, -0.2) is 0 Å². The minimum atomic E-state index is -0.0357. The van der Waals surface area contributed by atoms with E-state index < -0.39 is 0 Å². The lowest BCUT2D eigenvalue weighted by Crippen LogP contribution is -2.27. The summed E-state index contributed by atoms with van der Waals surface area (Å²) < 4.78 is 5.82. The molecule has 0 N–H and O–H groups in total. The van der Waals surface area contributed by atoms with Crippen LogP contribution in [0.15, 0.2) is 54.6 Å². The molecular formula is C18H15NO2. The third-order valence-corrected chi connectivity index (χ3v) is 3.98. The summed E-state index contributed by atoms with van der Waals surface area (Å²) in [5.74, 6) is 0.909. The van der Waals surface area contributed by atoms with Crippen molar-refractivity contribution in [3.8, 4) is 5.75 Å². The lowest BCUT2D eigenvalue weighted by Gasteiger charge is -2.28. The fraction of sp³-hybridized carbons (Fsp3) is 0.167. The highest BCUT2D eigenvalue weighted by Gasteiger charge is 2.32. The molecule has 0 fully saturated rings. The summed E-state index contributed by atoms with van der Waals surface area (Å²) in [6.45, 7) is 2.62. The van der Waals surface area contributed by atoms with E-state index in [4.69, 9.17) is 4.74 Å². The van der Waals surface area contributed by atoms with Gasteiger partial charge in [-0.2, -0.15) is 0 Å². The van der Waals surface area contributed by atoms with E-state index in [9.17, 15) is 4.79 Å². The fourth-order valence-corrected chi connectivity index (χ4v) is 3.01. The molecule has 0 bridgehead atoms. The smallest absolute Gasteiger partial charge is 0.258 e. The van der Waals surface area contributed by atoms with E-state index in [0.717, 1.165) is 28.1 Å². The Morgan fingerprint density at radius 2 is 1.76 bits per heavy atom. The van der Waals surface area contributed by atoms with Gasteiger partial charge in [-0.15, -0.1) is 0 Å². The van der Waals surface area contributed by atoms with E-state index in [0.29, 0.717) is 6.54 Å². The van der Waals surface area contributed by atoms with Gasteiger partial charge in [-0.1, -0.05) is 30.3 Å². The van der Waals surface area contributed by atoms with Crippen LogP contribution in [0.5, 0.6) is 5.75 Å². The van der Waals surface area contributed by atoms with Crippen LogP contribution >= 0.6 is 0 Å². The Kier molecular flexibility index (Phi) is 2.61. The monoisotopic (exact) mass is 277 g/mol. The lowest BCUT2D eigenvalue weighted by molar-refractivity contribution is 0.0852. The SMILES string of the molecule is CC1C=C(N2Cc3ccccc3C2=O)c2ccccc2O1. The van der Waals surface area contributed by atoms with Gasteiger partial charge in [0.05, 0.1) is 12.2 Å². The van der Waals surface area contributed by atoms with Crippen molar-refractivity contribution >= 4 is 11.6 Å². The molecule has 0 radical (unpaired) electrons. The first-order valence-corrected chi connectivity index (χ1v) is 7.12. The van der Waals surface area contributed by atoms with Crippen LogP contribution in [0.3, 0.4) is 0 Å². The summed E-state index contributed by atoms with van der Waals surface area (Å²) in [6, 6.07) is 15.7. The zero-order valence-electron chi connectivity index (χ0n) is 11.7. The van der Waals surface area contributed by atoms with Gasteiger partial charge in [0.2, 0.25) is 0 Å². The van der Waals surface area contributed by atoms with E-state index >= 15 is 0 Å². The molecule has 0 aromatic heterocycles. The van der Waals surface area contributed by atoms with E-state index in [-0.39, 0.29) is 12.0 Å². The average molecular weight is 277 g/mol. The maximum Gasteiger partial charge on any atom is 0.258 e. The first-order chi connectivity index (χ1) is 10.2. The number of carbonyl (C=O) groups is 1. The van der Waals surface area contributed by atoms with Crippen LogP contribution in [0.1, 0.15) is 28.4 Å². The molecule has 2 aromatic carbocycles. The maximum absolute atomic E-state index is 12.7. The second-order valence-electron chi connectivity index (χ2n) is 5.42. The Labute approximate surface area is 123 Å². The molecule has 1 unspecified atom stereocenters. The third kappa shape index (κ3) is 1.85. The quantitative estimate of drug-likeness (QED) is 0.799. The summed E-state index contributed by atoms with van der Waals surface area (Å²) in [7, 11) is 0. The standard InChI is InChI=1S/C18H15NO2/c1-12-10-16(15-8-4-5-9-17(15)21-12)19-11-13-6-2-3-7-14(13)18(19)20/h2-10,12H,11H2,1H3. The van der Waals surface area contributed by atoms with Crippen LogP contribution in [0.2, 0.25) is 0 Å². The summed E-state index contributed by atoms with van der Waals surface area (Å²) in [5, 5.41) is 0. The van der Waals surface area contributed by atoms with Gasteiger partial charge in [0, 0.05) is 11.1 Å². The van der Waals surface area contributed by atoms with E-state index in [1.54, 1.807) is 0 Å². The fourth-order valence-electron chi connectivity index (χ4n) is 3.01. The Morgan fingerprint density at radius 1 is 1.05 bits per heavy atom. The van der Waals surface area contributed by atoms with Crippen molar-refractivity contribution in [1.29, 1.82) is 0 Å². The number of benzene rings is 2. The van der Waals surface area contributed by atoms with Crippen molar-refractivity contribution in [2.24, 2.45) is 0 Å². The largest absolute Gasteiger partial charge is 0.486 e. The van der Waals surface area contributed by atoms with Crippen molar-refractivity contribution in [1.82, 2.24) is 4.90 Å². The minimum absolute atomic E-state index is 0.0357. The number of nitrogens with zero attached hydrogens (tertiary/aromatic N) is 1. The number of rotatable bonds is 1. The lowest BCUT2D eigenvalue weighted by atomic mass is 10.1. The second kappa shape index (κ2) is 4.48. The van der Waals surface area contributed by atoms with Gasteiger partial charge in [0.15, 0.2) is 0 Å². The van der Waals surface area contributed by atoms with Crippen molar-refractivity contribution in [3.63, 3.8) is 0 Å². The predicted octanol–water partition coefficient (Wildman–Crippen LogP) is 3.46. The van der Waals surface area contributed by atoms with Crippen LogP contribution < -0.4 is 4.74 Å². The van der Waals surface area contributed by atoms with Crippen LogP contribution in [-0.2, 0) is 6.54 Å². The molecule has 3 nitrogen and oxygen atoms in total. The molecule has 104 valence electrons. The van der Waals surface area contributed by atoms with Crippen molar-refractivity contribution < 1.29 is 9.53 Å². The molecule has 3 heteroatoms. The van der Waals surface area contributed by atoms with Gasteiger partial charge in [-0.3, -0.25) is 4.79 Å². The predicted molar refractivity (Wildman–Crippen MR) is 80.8 cm³/mol. The normalized spacial score (nSPS) is 19.7. The van der Waals surface area contributed by atoms with Crippen LogP contribution in [-0.4, -0.2) is 16.9 Å². The molecule has 2 aliphatic heterocycles. The van der Waals surface area contributed by atoms with Gasteiger partial charge >= 0.3 is 0 Å². The van der Waals surface area contributed by atoms with E-state index in [2.05, 4.69) is 0 Å². The molecular weight excluding hydrogens is 262 g/mol. The van der Waals surface area contributed by atoms with Gasteiger partial charge in [-0.05, 0) is 36.8 Å². The van der Waals surface area contributed by atoms with Gasteiger partial charge < -0.3 is 9.64 Å². The summed E-state index contributed by atoms with van der Waals surface area (Å²) in [5.41, 5.74) is 3.82. The summed E-state index contributed by atoms with van der Waals surface area (Å²) in [6.07, 6.45) is 1.98. The zero-order chi connectivity index (χ0) is 14.4. The molecule has 0 saturated heterocycles. The van der Waals surface area contributed by atoms with E-state index in [1.807, 2.05) is 66.4 Å². The first kappa shape index (κ1) is 12.2. The van der Waals surface area contributed by atoms with Crippen molar-refractivity contribution in [3.05, 3.63) is 71.3 Å². The first-order valence-electron chi connectivity index (χ1n) is 7.12. The highest BCUT2D eigenvalue weighted by atomic mass is 16.5. The molecule has 1 atom stereocenters. The summed E-state index contributed by atoms with van der Waals surface area (Å²) >= 11 is 0. The molecule has 4 rings (SSSR count). The number of ether oxygens (including phenoxy) is 1. The van der Waals surface area contributed by atoms with Gasteiger partial charge in [0.25, 0.3) is 5.91 Å². The molecule has 0 spiro atoms. The summed E-state index contributed by atoms with van der Waals surface area (Å²) in [4.78, 5) is 14.5. The van der Waals surface area contributed by atoms with Crippen molar-refractivity contribution in [2.75, 3.05) is 0 Å². The number of para-hydroxylation sites is 1. The molecule has 0 saturated carbocycles. The number of amides is 1. The minimum Gasteiger partial charge on any atom is -0.486 e. The highest BCUT2D eigenvalue weighted by Crippen LogP contribution is 2.37. The Bertz CT molecular complexity index is 763. The third-order valence-electron chi connectivity index (χ3n) is 3.98. The maximum atomic E-state index is 12.7. The molecule has 1 amide bonds. The molecule has 0 aliphatic carbocycles. The Morgan fingerprint density at radius 3 is 2.57 bits per heavy atom. The zero-order valence-corrected chi connectivity index (χ0v) is 11.7. The second-order valence-corrected chi connectivity index (χ2v) is 5.42. The Balaban J connectivity index is 1.80.